The number of aromatic nitrogens is 2. The molecule has 196 valence electrons. The van der Waals surface area contributed by atoms with E-state index in [1.54, 1.807) is 0 Å². The standard InChI is InChI=1S/C29H37N5O3/c1-6-30-27(35)33-11-9-19-12-20(21-14-22-18(2)15-31-26(22)32-16-21)13-23(24(19)17-33)25-8-7-10-34(25)28(36)37-29(3,4)5/h12-16,25H,6-11,17H2,1-5H3,(H,30,35)(H,31,32)/t25-/m0/s1. The molecule has 1 atom stereocenters. The number of pyridine rings is 1. The van der Waals surface area contributed by atoms with Crippen LogP contribution in [0.2, 0.25) is 0 Å². The van der Waals surface area contributed by atoms with Crippen molar-refractivity contribution >= 4 is 23.2 Å². The fraction of sp³-hybridized carbons (Fsp3) is 0.483. The zero-order chi connectivity index (χ0) is 26.3. The largest absolute Gasteiger partial charge is 0.444 e. The van der Waals surface area contributed by atoms with E-state index in [2.05, 4.69) is 40.4 Å². The van der Waals surface area contributed by atoms with E-state index in [0.29, 0.717) is 26.2 Å². The van der Waals surface area contributed by atoms with Crippen LogP contribution in [0.4, 0.5) is 9.59 Å². The molecule has 2 aliphatic heterocycles. The molecule has 3 aromatic rings. The van der Waals surface area contributed by atoms with Gasteiger partial charge in [0.1, 0.15) is 11.2 Å². The smallest absolute Gasteiger partial charge is 0.410 e. The lowest BCUT2D eigenvalue weighted by Crippen LogP contribution is -2.43. The minimum atomic E-state index is -0.559. The molecule has 0 unspecified atom stereocenters. The summed E-state index contributed by atoms with van der Waals surface area (Å²) in [6, 6.07) is 6.49. The lowest BCUT2D eigenvalue weighted by Gasteiger charge is -2.34. The van der Waals surface area contributed by atoms with Gasteiger partial charge in [-0.05, 0) is 93.8 Å². The number of fused-ring (bicyclic) bond motifs is 2. The second-order valence-corrected chi connectivity index (χ2v) is 11.1. The predicted molar refractivity (Wildman–Crippen MR) is 144 cm³/mol. The maximum absolute atomic E-state index is 13.2. The average molecular weight is 504 g/mol. The van der Waals surface area contributed by atoms with Crippen LogP contribution in [0.15, 0.2) is 30.6 Å². The topological polar surface area (TPSA) is 90.6 Å². The Kier molecular flexibility index (Phi) is 6.60. The Bertz CT molecular complexity index is 1340. The van der Waals surface area contributed by atoms with Crippen LogP contribution in [0, 0.1) is 6.92 Å². The number of carbonyl (C=O) groups excluding carboxylic acids is 2. The molecule has 0 radical (unpaired) electrons. The molecule has 2 aliphatic rings. The number of aromatic amines is 1. The number of rotatable bonds is 3. The molecule has 37 heavy (non-hydrogen) atoms. The van der Waals surface area contributed by atoms with Gasteiger partial charge in [-0.3, -0.25) is 0 Å². The number of hydrogen-bond acceptors (Lipinski definition) is 4. The summed E-state index contributed by atoms with van der Waals surface area (Å²) in [6.07, 6.45) is 6.16. The van der Waals surface area contributed by atoms with Gasteiger partial charge in [0.2, 0.25) is 0 Å². The van der Waals surface area contributed by atoms with Crippen LogP contribution in [-0.2, 0) is 17.7 Å². The van der Waals surface area contributed by atoms with Crippen LogP contribution in [0.3, 0.4) is 0 Å². The zero-order valence-electron chi connectivity index (χ0n) is 22.5. The van der Waals surface area contributed by atoms with Gasteiger partial charge in [0.05, 0.1) is 6.04 Å². The van der Waals surface area contributed by atoms with E-state index in [9.17, 15) is 9.59 Å². The van der Waals surface area contributed by atoms with E-state index in [0.717, 1.165) is 58.1 Å². The Balaban J connectivity index is 1.59. The number of likely N-dealkylation sites (tertiary alicyclic amines) is 1. The van der Waals surface area contributed by atoms with Crippen LogP contribution in [0.5, 0.6) is 0 Å². The van der Waals surface area contributed by atoms with Gasteiger partial charge in [-0.25, -0.2) is 14.6 Å². The molecule has 0 aliphatic carbocycles. The lowest BCUT2D eigenvalue weighted by atomic mass is 9.87. The Hall–Kier alpha value is -3.55. The molecule has 1 saturated heterocycles. The van der Waals surface area contributed by atoms with Crippen molar-refractivity contribution in [2.24, 2.45) is 0 Å². The molecule has 3 amide bonds. The number of nitrogens with one attached hydrogen (secondary N) is 2. The van der Waals surface area contributed by atoms with E-state index in [-0.39, 0.29) is 18.2 Å². The first kappa shape index (κ1) is 25.1. The highest BCUT2D eigenvalue weighted by molar-refractivity contribution is 5.85. The summed E-state index contributed by atoms with van der Waals surface area (Å²) in [5.41, 5.74) is 7.10. The number of aryl methyl sites for hydroxylation is 1. The molecule has 0 bridgehead atoms. The molecule has 2 N–H and O–H groups in total. The Morgan fingerprint density at radius 3 is 2.76 bits per heavy atom. The molecule has 0 saturated carbocycles. The van der Waals surface area contributed by atoms with Crippen molar-refractivity contribution in [2.75, 3.05) is 19.6 Å². The molecular formula is C29H37N5O3. The van der Waals surface area contributed by atoms with Gasteiger partial charge < -0.3 is 24.8 Å². The van der Waals surface area contributed by atoms with Gasteiger partial charge in [-0.2, -0.15) is 0 Å². The fourth-order valence-corrected chi connectivity index (χ4v) is 5.52. The molecule has 1 aromatic carbocycles. The normalized spacial score (nSPS) is 17.7. The molecule has 0 spiro atoms. The van der Waals surface area contributed by atoms with Gasteiger partial charge in [-0.1, -0.05) is 6.07 Å². The Morgan fingerprint density at radius 2 is 2.00 bits per heavy atom. The van der Waals surface area contributed by atoms with E-state index in [4.69, 9.17) is 4.74 Å². The number of nitrogens with zero attached hydrogens (tertiary/aromatic N) is 3. The SMILES string of the molecule is CCNC(=O)N1CCc2cc(-c3cnc4[nH]cc(C)c4c3)cc([C@@H]3CCCN3C(=O)OC(C)(C)C)c2C1. The number of amides is 3. The van der Waals surface area contributed by atoms with Crippen LogP contribution in [0.1, 0.15) is 68.8 Å². The maximum atomic E-state index is 13.2. The number of ether oxygens (including phenoxy) is 1. The maximum Gasteiger partial charge on any atom is 0.410 e. The number of H-pyrrole nitrogens is 1. The molecule has 5 rings (SSSR count). The van der Waals surface area contributed by atoms with E-state index in [1.807, 2.05) is 49.9 Å². The summed E-state index contributed by atoms with van der Waals surface area (Å²) in [4.78, 5) is 37.5. The van der Waals surface area contributed by atoms with E-state index >= 15 is 0 Å². The second-order valence-electron chi connectivity index (χ2n) is 11.1. The minimum Gasteiger partial charge on any atom is -0.444 e. The summed E-state index contributed by atoms with van der Waals surface area (Å²) >= 11 is 0. The molecule has 1 fully saturated rings. The van der Waals surface area contributed by atoms with Gasteiger partial charge in [0.15, 0.2) is 0 Å². The van der Waals surface area contributed by atoms with Crippen molar-refractivity contribution in [3.05, 3.63) is 52.8 Å². The minimum absolute atomic E-state index is 0.0452. The van der Waals surface area contributed by atoms with E-state index < -0.39 is 5.60 Å². The molecule has 8 heteroatoms. The Labute approximate surface area is 218 Å². The van der Waals surface area contributed by atoms with Gasteiger partial charge >= 0.3 is 12.1 Å². The second kappa shape index (κ2) is 9.72. The molecule has 2 aromatic heterocycles. The van der Waals surface area contributed by atoms with Crippen molar-refractivity contribution in [1.82, 2.24) is 25.1 Å². The summed E-state index contributed by atoms with van der Waals surface area (Å²) in [7, 11) is 0. The first-order valence-electron chi connectivity index (χ1n) is 13.3. The van der Waals surface area contributed by atoms with Crippen molar-refractivity contribution in [3.63, 3.8) is 0 Å². The van der Waals surface area contributed by atoms with Crippen molar-refractivity contribution < 1.29 is 14.3 Å². The van der Waals surface area contributed by atoms with Crippen molar-refractivity contribution in [3.8, 4) is 11.1 Å². The third-order valence-corrected chi connectivity index (χ3v) is 7.30. The third-order valence-electron chi connectivity index (χ3n) is 7.30. The zero-order valence-corrected chi connectivity index (χ0v) is 22.5. The van der Waals surface area contributed by atoms with E-state index in [1.165, 1.54) is 5.56 Å². The first-order valence-corrected chi connectivity index (χ1v) is 13.3. The highest BCUT2D eigenvalue weighted by Crippen LogP contribution is 2.40. The van der Waals surface area contributed by atoms with Crippen molar-refractivity contribution in [2.45, 2.75) is 72.1 Å². The highest BCUT2D eigenvalue weighted by Gasteiger charge is 2.36. The van der Waals surface area contributed by atoms with Crippen LogP contribution < -0.4 is 5.32 Å². The van der Waals surface area contributed by atoms with Crippen LogP contribution in [-0.4, -0.2) is 57.1 Å². The number of urea groups is 1. The quantitative estimate of drug-likeness (QED) is 0.480. The molecule has 8 nitrogen and oxygen atoms in total. The summed E-state index contributed by atoms with van der Waals surface area (Å²) < 4.78 is 5.78. The fourth-order valence-electron chi connectivity index (χ4n) is 5.52. The third kappa shape index (κ3) is 5.02. The summed E-state index contributed by atoms with van der Waals surface area (Å²) in [5.74, 6) is 0. The monoisotopic (exact) mass is 503 g/mol. The Morgan fingerprint density at radius 1 is 1.19 bits per heavy atom. The molecular weight excluding hydrogens is 466 g/mol. The molecule has 4 heterocycles. The first-order chi connectivity index (χ1) is 17.6. The summed E-state index contributed by atoms with van der Waals surface area (Å²) in [6.45, 7) is 12.2. The van der Waals surface area contributed by atoms with Gasteiger partial charge in [0, 0.05) is 49.5 Å². The van der Waals surface area contributed by atoms with Crippen molar-refractivity contribution in [1.29, 1.82) is 0 Å². The number of carbonyl (C=O) groups is 2. The highest BCUT2D eigenvalue weighted by atomic mass is 16.6. The van der Waals surface area contributed by atoms with Gasteiger partial charge in [-0.15, -0.1) is 0 Å². The summed E-state index contributed by atoms with van der Waals surface area (Å²) in [5, 5.41) is 4.04. The van der Waals surface area contributed by atoms with Crippen LogP contribution in [0.25, 0.3) is 22.2 Å². The predicted octanol–water partition coefficient (Wildman–Crippen LogP) is 5.70. The van der Waals surface area contributed by atoms with Gasteiger partial charge in [0.25, 0.3) is 0 Å². The number of hydrogen-bond donors (Lipinski definition) is 2. The number of benzene rings is 1. The lowest BCUT2D eigenvalue weighted by molar-refractivity contribution is 0.0223. The average Bonchev–Trinajstić information content (AvgIpc) is 3.49. The van der Waals surface area contributed by atoms with Crippen LogP contribution >= 0.6 is 0 Å².